The third-order valence-corrected chi connectivity index (χ3v) is 4.66. The zero-order valence-electron chi connectivity index (χ0n) is 13.5. The molecule has 1 heterocycles. The van der Waals surface area contributed by atoms with Crippen molar-refractivity contribution in [2.75, 3.05) is 5.33 Å². The zero-order chi connectivity index (χ0) is 17.1. The summed E-state index contributed by atoms with van der Waals surface area (Å²) in [5, 5.41) is 14.2. The van der Waals surface area contributed by atoms with Gasteiger partial charge in [-0.1, -0.05) is 52.7 Å². The summed E-state index contributed by atoms with van der Waals surface area (Å²) < 4.78 is 2.33. The Morgan fingerprint density at radius 1 is 1.17 bits per heavy atom. The maximum Gasteiger partial charge on any atom is 0.173 e. The van der Waals surface area contributed by atoms with E-state index in [1.165, 1.54) is 16.5 Å². The van der Waals surface area contributed by atoms with Gasteiger partial charge >= 0.3 is 0 Å². The number of halogens is 1. The Hall–Kier alpha value is -2.27. The molecule has 0 saturated carbocycles. The number of amidine groups is 1. The standard InChI is InChI=1S/C19H19BrN4/c1-2-13(9-10-20)12-24-17-6-4-3-5-15(17)16-11-14(19(21)23-22)7-8-18(16)24/h3-9,11,21-22H,2,10,12H2,1H3/b13-9+,21-19?,23-22?. The van der Waals surface area contributed by atoms with E-state index in [0.29, 0.717) is 5.56 Å². The second-order valence-corrected chi connectivity index (χ2v) is 6.31. The number of rotatable bonds is 5. The first-order valence-electron chi connectivity index (χ1n) is 7.90. The van der Waals surface area contributed by atoms with Crippen LogP contribution >= 0.6 is 15.9 Å². The van der Waals surface area contributed by atoms with E-state index in [0.717, 1.165) is 29.2 Å². The molecular weight excluding hydrogens is 364 g/mol. The monoisotopic (exact) mass is 382 g/mol. The fraction of sp³-hybridized carbons (Fsp3) is 0.211. The highest BCUT2D eigenvalue weighted by molar-refractivity contribution is 9.09. The predicted molar refractivity (Wildman–Crippen MR) is 104 cm³/mol. The van der Waals surface area contributed by atoms with Crippen LogP contribution in [-0.2, 0) is 6.54 Å². The Labute approximate surface area is 149 Å². The van der Waals surface area contributed by atoms with Crippen molar-refractivity contribution in [1.82, 2.24) is 4.57 Å². The van der Waals surface area contributed by atoms with Crippen LogP contribution in [-0.4, -0.2) is 15.7 Å². The van der Waals surface area contributed by atoms with E-state index in [-0.39, 0.29) is 5.84 Å². The minimum Gasteiger partial charge on any atom is -0.336 e. The molecule has 0 aliphatic carbocycles. The SMILES string of the molecule is CC/C(=C\CBr)Cn1c2ccccc2c2cc(C(=N)N=N)ccc21. The highest BCUT2D eigenvalue weighted by Gasteiger charge is 2.12. The smallest absolute Gasteiger partial charge is 0.173 e. The third-order valence-electron chi connectivity index (χ3n) is 4.34. The molecule has 3 rings (SSSR count). The van der Waals surface area contributed by atoms with E-state index < -0.39 is 0 Å². The molecule has 0 atom stereocenters. The molecule has 122 valence electrons. The van der Waals surface area contributed by atoms with E-state index in [1.54, 1.807) is 0 Å². The molecule has 0 aliphatic rings. The van der Waals surface area contributed by atoms with Gasteiger partial charge in [0.05, 0.1) is 0 Å². The van der Waals surface area contributed by atoms with Crippen LogP contribution in [0.1, 0.15) is 18.9 Å². The number of hydrogen-bond donors (Lipinski definition) is 2. The Balaban J connectivity index is 2.25. The van der Waals surface area contributed by atoms with Gasteiger partial charge in [0.1, 0.15) is 0 Å². The molecule has 2 N–H and O–H groups in total. The van der Waals surface area contributed by atoms with Crippen LogP contribution in [0, 0.1) is 10.9 Å². The molecule has 0 radical (unpaired) electrons. The Bertz CT molecular complexity index is 953. The van der Waals surface area contributed by atoms with Crippen molar-refractivity contribution in [2.45, 2.75) is 19.9 Å². The van der Waals surface area contributed by atoms with E-state index >= 15 is 0 Å². The fourth-order valence-corrected chi connectivity index (χ4v) is 3.53. The summed E-state index contributed by atoms with van der Waals surface area (Å²) in [4.78, 5) is 0. The molecule has 0 unspecified atom stereocenters. The van der Waals surface area contributed by atoms with Crippen LogP contribution in [0.5, 0.6) is 0 Å². The van der Waals surface area contributed by atoms with Crippen molar-refractivity contribution < 1.29 is 0 Å². The molecule has 5 heteroatoms. The van der Waals surface area contributed by atoms with E-state index in [9.17, 15) is 0 Å². The average molecular weight is 383 g/mol. The number of para-hydroxylation sites is 1. The molecule has 0 saturated heterocycles. The number of nitrogens with one attached hydrogen (secondary N) is 2. The Morgan fingerprint density at radius 2 is 1.92 bits per heavy atom. The van der Waals surface area contributed by atoms with Crippen LogP contribution in [0.2, 0.25) is 0 Å². The lowest BCUT2D eigenvalue weighted by atomic mass is 10.1. The molecule has 0 spiro atoms. The minimum absolute atomic E-state index is 0.0119. The van der Waals surface area contributed by atoms with Crippen molar-refractivity contribution in [1.29, 1.82) is 10.9 Å². The van der Waals surface area contributed by atoms with Gasteiger partial charge in [0.25, 0.3) is 0 Å². The van der Waals surface area contributed by atoms with Crippen LogP contribution in [0.4, 0.5) is 0 Å². The summed E-state index contributed by atoms with van der Waals surface area (Å²) in [7, 11) is 0. The molecule has 24 heavy (non-hydrogen) atoms. The maximum atomic E-state index is 7.79. The maximum absolute atomic E-state index is 7.79. The number of aromatic nitrogens is 1. The number of benzene rings is 2. The van der Waals surface area contributed by atoms with Gasteiger partial charge < -0.3 is 4.57 Å². The Kier molecular flexibility index (Phi) is 4.90. The highest BCUT2D eigenvalue weighted by atomic mass is 79.9. The molecule has 0 bridgehead atoms. The van der Waals surface area contributed by atoms with Crippen molar-refractivity contribution in [3.63, 3.8) is 0 Å². The Morgan fingerprint density at radius 3 is 2.62 bits per heavy atom. The van der Waals surface area contributed by atoms with Crippen LogP contribution in [0.25, 0.3) is 21.8 Å². The summed E-state index contributed by atoms with van der Waals surface area (Å²) in [5.74, 6) is -0.0119. The summed E-state index contributed by atoms with van der Waals surface area (Å²) in [6.45, 7) is 3.03. The average Bonchev–Trinajstić information content (AvgIpc) is 2.94. The highest BCUT2D eigenvalue weighted by Crippen LogP contribution is 2.31. The molecule has 4 nitrogen and oxygen atoms in total. The lowest BCUT2D eigenvalue weighted by Gasteiger charge is -2.10. The van der Waals surface area contributed by atoms with E-state index in [1.807, 2.05) is 24.3 Å². The van der Waals surface area contributed by atoms with Crippen LogP contribution in [0.3, 0.4) is 0 Å². The largest absolute Gasteiger partial charge is 0.336 e. The molecule has 1 aromatic heterocycles. The third kappa shape index (κ3) is 2.91. The number of hydrogen-bond acceptors (Lipinski definition) is 2. The molecule has 3 aromatic rings. The normalized spacial score (nSPS) is 12.0. The van der Waals surface area contributed by atoms with Crippen LogP contribution < -0.4 is 0 Å². The summed E-state index contributed by atoms with van der Waals surface area (Å²) in [6.07, 6.45) is 3.24. The van der Waals surface area contributed by atoms with Crippen molar-refractivity contribution >= 4 is 43.6 Å². The molecule has 0 aliphatic heterocycles. The first-order chi connectivity index (χ1) is 11.7. The lowest BCUT2D eigenvalue weighted by molar-refractivity contribution is 0.809. The predicted octanol–water partition coefficient (Wildman–Crippen LogP) is 5.88. The summed E-state index contributed by atoms with van der Waals surface area (Å²) >= 11 is 3.49. The fourth-order valence-electron chi connectivity index (χ4n) is 3.07. The molecule has 0 amide bonds. The molecule has 2 aromatic carbocycles. The summed E-state index contributed by atoms with van der Waals surface area (Å²) in [6, 6.07) is 14.2. The first-order valence-corrected chi connectivity index (χ1v) is 9.03. The second kappa shape index (κ2) is 7.09. The minimum atomic E-state index is -0.0119. The number of fused-ring (bicyclic) bond motifs is 3. The topological polar surface area (TPSA) is 65.0 Å². The number of nitrogens with zero attached hydrogens (tertiary/aromatic N) is 2. The van der Waals surface area contributed by atoms with Gasteiger partial charge in [0.15, 0.2) is 5.84 Å². The van der Waals surface area contributed by atoms with Gasteiger partial charge in [0, 0.05) is 39.2 Å². The van der Waals surface area contributed by atoms with Gasteiger partial charge in [-0.3, -0.25) is 5.41 Å². The van der Waals surface area contributed by atoms with Crippen molar-refractivity contribution in [3.05, 3.63) is 59.7 Å². The lowest BCUT2D eigenvalue weighted by Crippen LogP contribution is -2.01. The van der Waals surface area contributed by atoms with E-state index in [2.05, 4.69) is 56.8 Å². The quantitative estimate of drug-likeness (QED) is 0.182. The van der Waals surface area contributed by atoms with Gasteiger partial charge in [-0.15, -0.1) is 5.11 Å². The van der Waals surface area contributed by atoms with E-state index in [4.69, 9.17) is 10.9 Å². The number of allylic oxidation sites excluding steroid dienone is 2. The van der Waals surface area contributed by atoms with Gasteiger partial charge in [0.2, 0.25) is 0 Å². The summed E-state index contributed by atoms with van der Waals surface area (Å²) in [5.41, 5.74) is 11.5. The molecule has 0 fully saturated rings. The van der Waals surface area contributed by atoms with Crippen LogP contribution in [0.15, 0.2) is 59.2 Å². The van der Waals surface area contributed by atoms with Gasteiger partial charge in [-0.2, -0.15) is 0 Å². The first kappa shape index (κ1) is 16.6. The second-order valence-electron chi connectivity index (χ2n) is 5.67. The zero-order valence-corrected chi connectivity index (χ0v) is 15.1. The number of alkyl halides is 1. The van der Waals surface area contributed by atoms with Gasteiger partial charge in [-0.05, 0) is 30.7 Å². The van der Waals surface area contributed by atoms with Crippen molar-refractivity contribution in [3.8, 4) is 0 Å². The molecular formula is C19H19BrN4. The van der Waals surface area contributed by atoms with Gasteiger partial charge in [-0.25, -0.2) is 5.53 Å². The van der Waals surface area contributed by atoms with Crippen molar-refractivity contribution in [2.24, 2.45) is 5.11 Å².